The first-order valence-electron chi connectivity index (χ1n) is 7.05. The summed E-state index contributed by atoms with van der Waals surface area (Å²) < 4.78 is 31.9. The van der Waals surface area contributed by atoms with Crippen LogP contribution in [0.4, 0.5) is 19.3 Å². The summed E-state index contributed by atoms with van der Waals surface area (Å²) in [6.07, 6.45) is 4.31. The monoisotopic (exact) mass is 342 g/mol. The van der Waals surface area contributed by atoms with Gasteiger partial charge < -0.3 is 10.1 Å². The van der Waals surface area contributed by atoms with Crippen molar-refractivity contribution in [1.29, 1.82) is 0 Å². The molecule has 1 atom stereocenters. The van der Waals surface area contributed by atoms with Crippen LogP contribution in [0.25, 0.3) is 0 Å². The number of rotatable bonds is 4. The van der Waals surface area contributed by atoms with Gasteiger partial charge in [0.15, 0.2) is 5.72 Å². The molecular weight excluding hydrogens is 326 g/mol. The standard InChI is InChI=1S/C16H17ClF2N2O2/c1-3-21(16(23-2)8-6-11(18)7-9-16)15(22)20-12-4-5-14(19)13(17)10-12/h4-8,10H,3,9H2,1-2H3,(H,20,22)/t16-/m0/s1. The van der Waals surface area contributed by atoms with E-state index in [-0.39, 0.29) is 17.3 Å². The summed E-state index contributed by atoms with van der Waals surface area (Å²) in [6, 6.07) is 3.43. The lowest BCUT2D eigenvalue weighted by molar-refractivity contribution is -0.0689. The van der Waals surface area contributed by atoms with Crippen molar-refractivity contribution in [2.24, 2.45) is 0 Å². The average molecular weight is 343 g/mol. The number of hydrogen-bond donors (Lipinski definition) is 1. The predicted octanol–water partition coefficient (Wildman–Crippen LogP) is 4.49. The van der Waals surface area contributed by atoms with Crippen LogP contribution < -0.4 is 5.32 Å². The molecule has 1 aliphatic rings. The van der Waals surface area contributed by atoms with Gasteiger partial charge in [-0.3, -0.25) is 4.90 Å². The largest absolute Gasteiger partial charge is 0.355 e. The molecule has 0 radical (unpaired) electrons. The van der Waals surface area contributed by atoms with E-state index in [4.69, 9.17) is 16.3 Å². The lowest BCUT2D eigenvalue weighted by Gasteiger charge is -2.40. The van der Waals surface area contributed by atoms with E-state index in [9.17, 15) is 13.6 Å². The number of halogens is 3. The molecule has 0 unspecified atom stereocenters. The Morgan fingerprint density at radius 1 is 1.48 bits per heavy atom. The second-order valence-corrected chi connectivity index (χ2v) is 5.39. The number of allylic oxidation sites excluding steroid dienone is 2. The van der Waals surface area contributed by atoms with Crippen molar-refractivity contribution in [2.45, 2.75) is 19.1 Å². The molecule has 0 heterocycles. The summed E-state index contributed by atoms with van der Waals surface area (Å²) in [6.45, 7) is 2.11. The molecule has 1 N–H and O–H groups in total. The molecular formula is C16H17ClF2N2O2. The van der Waals surface area contributed by atoms with Gasteiger partial charge in [-0.1, -0.05) is 11.6 Å². The summed E-state index contributed by atoms with van der Waals surface area (Å²) in [7, 11) is 1.45. The van der Waals surface area contributed by atoms with Crippen molar-refractivity contribution in [3.8, 4) is 0 Å². The van der Waals surface area contributed by atoms with Crippen molar-refractivity contribution >= 4 is 23.3 Å². The molecule has 0 fully saturated rings. The highest BCUT2D eigenvalue weighted by atomic mass is 35.5. The number of ether oxygens (including phenoxy) is 1. The Morgan fingerprint density at radius 2 is 2.22 bits per heavy atom. The highest BCUT2D eigenvalue weighted by molar-refractivity contribution is 6.31. The fourth-order valence-electron chi connectivity index (χ4n) is 2.40. The van der Waals surface area contributed by atoms with Gasteiger partial charge >= 0.3 is 6.03 Å². The summed E-state index contributed by atoms with van der Waals surface area (Å²) >= 11 is 5.70. The summed E-state index contributed by atoms with van der Waals surface area (Å²) in [5.74, 6) is -0.944. The predicted molar refractivity (Wildman–Crippen MR) is 85.5 cm³/mol. The number of anilines is 1. The van der Waals surface area contributed by atoms with Gasteiger partial charge in [0.25, 0.3) is 0 Å². The SMILES string of the molecule is CCN(C(=O)Nc1ccc(F)c(Cl)c1)[C@]1(OC)C=CC(F)=CC1. The van der Waals surface area contributed by atoms with Gasteiger partial charge in [0.05, 0.1) is 5.02 Å². The van der Waals surface area contributed by atoms with Gasteiger partial charge in [-0.25, -0.2) is 13.6 Å². The van der Waals surface area contributed by atoms with Gasteiger partial charge in [0.1, 0.15) is 11.6 Å². The van der Waals surface area contributed by atoms with Crippen LogP contribution in [0.3, 0.4) is 0 Å². The zero-order valence-electron chi connectivity index (χ0n) is 12.8. The van der Waals surface area contributed by atoms with Crippen molar-refractivity contribution < 1.29 is 18.3 Å². The fourth-order valence-corrected chi connectivity index (χ4v) is 2.58. The van der Waals surface area contributed by atoms with Crippen molar-refractivity contribution in [1.82, 2.24) is 4.90 Å². The number of methoxy groups -OCH3 is 1. The maximum absolute atomic E-state index is 13.2. The zero-order chi connectivity index (χ0) is 17.0. The van der Waals surface area contributed by atoms with Crippen LogP contribution in [0.1, 0.15) is 13.3 Å². The third-order valence-electron chi connectivity index (χ3n) is 3.64. The maximum atomic E-state index is 13.2. The second kappa shape index (κ2) is 7.10. The van der Waals surface area contributed by atoms with Gasteiger partial charge in [-0.05, 0) is 43.4 Å². The first-order valence-corrected chi connectivity index (χ1v) is 7.43. The third kappa shape index (κ3) is 3.71. The van der Waals surface area contributed by atoms with Crippen molar-refractivity contribution in [3.63, 3.8) is 0 Å². The Balaban J connectivity index is 2.21. The molecule has 0 bridgehead atoms. The molecule has 23 heavy (non-hydrogen) atoms. The Labute approximate surface area is 138 Å². The maximum Gasteiger partial charge on any atom is 0.324 e. The zero-order valence-corrected chi connectivity index (χ0v) is 13.5. The van der Waals surface area contributed by atoms with E-state index in [0.717, 1.165) is 0 Å². The minimum absolute atomic E-state index is 0.0881. The van der Waals surface area contributed by atoms with E-state index >= 15 is 0 Å². The minimum atomic E-state index is -1.07. The Bertz CT molecular complexity index is 663. The summed E-state index contributed by atoms with van der Waals surface area (Å²) in [4.78, 5) is 14.0. The number of benzene rings is 1. The number of nitrogens with zero attached hydrogens (tertiary/aromatic N) is 1. The lowest BCUT2D eigenvalue weighted by Crippen LogP contribution is -2.53. The van der Waals surface area contributed by atoms with Gasteiger partial charge in [-0.15, -0.1) is 0 Å². The number of nitrogens with one attached hydrogen (secondary N) is 1. The Kier molecular flexibility index (Phi) is 5.38. The van der Waals surface area contributed by atoms with Crippen molar-refractivity contribution in [2.75, 3.05) is 19.0 Å². The molecule has 2 amide bonds. The molecule has 1 aromatic rings. The van der Waals surface area contributed by atoms with E-state index in [2.05, 4.69) is 5.32 Å². The summed E-state index contributed by atoms with van der Waals surface area (Å²) in [5.41, 5.74) is -0.717. The Morgan fingerprint density at radius 3 is 2.74 bits per heavy atom. The van der Waals surface area contributed by atoms with Gasteiger partial charge in [-0.2, -0.15) is 0 Å². The highest BCUT2D eigenvalue weighted by Gasteiger charge is 2.37. The van der Waals surface area contributed by atoms with Crippen LogP contribution >= 0.6 is 11.6 Å². The molecule has 4 nitrogen and oxygen atoms in total. The quantitative estimate of drug-likeness (QED) is 0.819. The van der Waals surface area contributed by atoms with Crippen LogP contribution in [0.15, 0.2) is 42.3 Å². The fraction of sp³-hybridized carbons (Fsp3) is 0.312. The van der Waals surface area contributed by atoms with Crippen molar-refractivity contribution in [3.05, 3.63) is 53.1 Å². The number of likely N-dealkylation sites (N-methyl/N-ethyl adjacent to an activating group) is 1. The van der Waals surface area contributed by atoms with Crippen LogP contribution in [-0.4, -0.2) is 30.3 Å². The van der Waals surface area contributed by atoms with E-state index in [1.807, 2.05) is 0 Å². The number of amides is 2. The highest BCUT2D eigenvalue weighted by Crippen LogP contribution is 2.30. The molecule has 1 aromatic carbocycles. The number of urea groups is 1. The smallest absolute Gasteiger partial charge is 0.324 e. The minimum Gasteiger partial charge on any atom is -0.355 e. The number of carbonyl (C=O) groups excluding carboxylic acids is 1. The van der Waals surface area contributed by atoms with E-state index < -0.39 is 17.6 Å². The molecule has 0 saturated carbocycles. The molecule has 124 valence electrons. The number of carbonyl (C=O) groups is 1. The van der Waals surface area contributed by atoms with Crippen LogP contribution in [0, 0.1) is 5.82 Å². The van der Waals surface area contributed by atoms with E-state index in [1.165, 1.54) is 48.4 Å². The van der Waals surface area contributed by atoms with Crippen LogP contribution in [0.2, 0.25) is 5.02 Å². The average Bonchev–Trinajstić information content (AvgIpc) is 2.54. The molecule has 2 rings (SSSR count). The summed E-state index contributed by atoms with van der Waals surface area (Å²) in [5, 5.41) is 2.55. The Hall–Kier alpha value is -1.92. The first-order chi connectivity index (χ1) is 10.9. The van der Waals surface area contributed by atoms with Crippen LogP contribution in [-0.2, 0) is 4.74 Å². The molecule has 0 aliphatic heterocycles. The lowest BCUT2D eigenvalue weighted by atomic mass is 10.0. The van der Waals surface area contributed by atoms with Gasteiger partial charge in [0.2, 0.25) is 0 Å². The molecule has 0 aromatic heterocycles. The molecule has 7 heteroatoms. The normalized spacial score (nSPS) is 20.1. The van der Waals surface area contributed by atoms with Crippen LogP contribution in [0.5, 0.6) is 0 Å². The first kappa shape index (κ1) is 17.4. The number of hydrogen-bond acceptors (Lipinski definition) is 2. The van der Waals surface area contributed by atoms with Gasteiger partial charge in [0, 0.05) is 25.8 Å². The third-order valence-corrected chi connectivity index (χ3v) is 3.92. The van der Waals surface area contributed by atoms with E-state index in [1.54, 1.807) is 6.92 Å². The molecule has 0 spiro atoms. The second-order valence-electron chi connectivity index (χ2n) is 4.98. The molecule has 1 aliphatic carbocycles. The molecule has 0 saturated heterocycles. The van der Waals surface area contributed by atoms with E-state index in [0.29, 0.717) is 12.2 Å². The topological polar surface area (TPSA) is 41.6 Å².